The third kappa shape index (κ3) is 3.57. The zero-order chi connectivity index (χ0) is 28.5. The van der Waals surface area contributed by atoms with Crippen LogP contribution in [0, 0.1) is 0 Å². The van der Waals surface area contributed by atoms with Crippen LogP contribution in [0.5, 0.6) is 23.0 Å². The Hall–Kier alpha value is -6.01. The van der Waals surface area contributed by atoms with Crippen molar-refractivity contribution in [3.8, 4) is 23.0 Å². The first-order chi connectivity index (χ1) is 21.2. The third-order valence-electron chi connectivity index (χ3n) is 8.02. The van der Waals surface area contributed by atoms with E-state index in [4.69, 9.17) is 13.9 Å². The van der Waals surface area contributed by atoms with Crippen molar-refractivity contribution in [2.24, 2.45) is 0 Å². The average molecular weight is 559 g/mol. The van der Waals surface area contributed by atoms with E-state index in [2.05, 4.69) is 9.80 Å². The summed E-state index contributed by atoms with van der Waals surface area (Å²) in [4.78, 5) is 18.0. The molecule has 43 heavy (non-hydrogen) atoms. The molecule has 0 saturated heterocycles. The van der Waals surface area contributed by atoms with Crippen LogP contribution in [0.4, 0.5) is 34.1 Å². The van der Waals surface area contributed by atoms with Gasteiger partial charge in [0.15, 0.2) is 23.0 Å². The first kappa shape index (κ1) is 23.7. The molecule has 7 aromatic rings. The number of hydrogen-bond donors (Lipinski definition) is 0. The first-order valence-corrected chi connectivity index (χ1v) is 14.1. The molecule has 0 saturated carbocycles. The lowest BCUT2D eigenvalue weighted by Gasteiger charge is -2.33. The number of hydrogen-bond acceptors (Lipinski definition) is 6. The van der Waals surface area contributed by atoms with Gasteiger partial charge in [-0.1, -0.05) is 48.5 Å². The highest BCUT2D eigenvalue weighted by Crippen LogP contribution is 2.52. The number of rotatable bonds is 2. The second kappa shape index (κ2) is 8.99. The van der Waals surface area contributed by atoms with Gasteiger partial charge in [0.25, 0.3) is 0 Å². The van der Waals surface area contributed by atoms with Crippen LogP contribution >= 0.6 is 0 Å². The maximum Gasteiger partial charge on any atom is 0.200 e. The molecule has 0 N–H and O–H groups in total. The van der Waals surface area contributed by atoms with E-state index in [1.165, 1.54) is 0 Å². The molecule has 204 valence electrons. The van der Waals surface area contributed by atoms with E-state index in [1.807, 2.05) is 133 Å². The summed E-state index contributed by atoms with van der Waals surface area (Å²) < 4.78 is 18.9. The van der Waals surface area contributed by atoms with E-state index in [-0.39, 0.29) is 5.43 Å². The molecule has 6 aromatic carbocycles. The fourth-order valence-corrected chi connectivity index (χ4v) is 6.07. The molecular formula is C37H22N2O4. The highest BCUT2D eigenvalue weighted by Gasteiger charge is 2.27. The third-order valence-corrected chi connectivity index (χ3v) is 8.02. The molecule has 1 aromatic heterocycles. The van der Waals surface area contributed by atoms with E-state index < -0.39 is 0 Å². The number of nitrogens with zero attached hydrogens (tertiary/aromatic N) is 2. The molecule has 0 atom stereocenters. The summed E-state index contributed by atoms with van der Waals surface area (Å²) in [6.07, 6.45) is 0. The number of para-hydroxylation sites is 8. The van der Waals surface area contributed by atoms with Gasteiger partial charge in [0.05, 0.1) is 44.9 Å². The van der Waals surface area contributed by atoms with Crippen LogP contribution in [0.15, 0.2) is 143 Å². The van der Waals surface area contributed by atoms with Crippen molar-refractivity contribution in [2.75, 3.05) is 9.80 Å². The number of anilines is 6. The predicted octanol–water partition coefficient (Wildman–Crippen LogP) is 10.1. The van der Waals surface area contributed by atoms with Gasteiger partial charge in [0, 0.05) is 12.1 Å². The Morgan fingerprint density at radius 1 is 0.419 bits per heavy atom. The van der Waals surface area contributed by atoms with Gasteiger partial charge in [-0.25, -0.2) is 0 Å². The molecule has 0 radical (unpaired) electrons. The minimum absolute atomic E-state index is 0.0695. The maximum absolute atomic E-state index is 13.7. The van der Waals surface area contributed by atoms with Crippen LogP contribution in [0.3, 0.4) is 0 Å². The summed E-state index contributed by atoms with van der Waals surface area (Å²) in [7, 11) is 0. The van der Waals surface area contributed by atoms with E-state index in [9.17, 15) is 4.79 Å². The minimum atomic E-state index is -0.0695. The lowest BCUT2D eigenvalue weighted by molar-refractivity contribution is 0.477. The maximum atomic E-state index is 13.7. The number of fused-ring (bicyclic) bond motifs is 6. The van der Waals surface area contributed by atoms with Crippen molar-refractivity contribution >= 4 is 56.1 Å². The molecular weight excluding hydrogens is 536 g/mol. The largest absolute Gasteiger partial charge is 0.456 e. The van der Waals surface area contributed by atoms with Crippen LogP contribution in [-0.4, -0.2) is 0 Å². The molecule has 0 amide bonds. The zero-order valence-electron chi connectivity index (χ0n) is 22.7. The van der Waals surface area contributed by atoms with E-state index in [0.717, 1.165) is 57.1 Å². The van der Waals surface area contributed by atoms with Gasteiger partial charge in [-0.2, -0.15) is 0 Å². The van der Waals surface area contributed by atoms with Gasteiger partial charge in [-0.3, -0.25) is 4.79 Å². The van der Waals surface area contributed by atoms with Gasteiger partial charge in [0.1, 0.15) is 11.2 Å². The van der Waals surface area contributed by atoms with Crippen molar-refractivity contribution < 1.29 is 13.9 Å². The second-order valence-electron chi connectivity index (χ2n) is 10.5. The number of ether oxygens (including phenoxy) is 2. The summed E-state index contributed by atoms with van der Waals surface area (Å²) in [5.74, 6) is 3.04. The molecule has 0 spiro atoms. The Balaban J connectivity index is 1.22. The smallest absolute Gasteiger partial charge is 0.200 e. The van der Waals surface area contributed by atoms with E-state index in [1.54, 1.807) is 0 Å². The van der Waals surface area contributed by atoms with Gasteiger partial charge >= 0.3 is 0 Å². The fourth-order valence-electron chi connectivity index (χ4n) is 6.07. The lowest BCUT2D eigenvalue weighted by atomic mass is 10.1. The summed E-state index contributed by atoms with van der Waals surface area (Å²) in [5, 5.41) is 1.06. The molecule has 9 rings (SSSR count). The van der Waals surface area contributed by atoms with Gasteiger partial charge in [0.2, 0.25) is 5.43 Å². The predicted molar refractivity (Wildman–Crippen MR) is 170 cm³/mol. The molecule has 3 heterocycles. The van der Waals surface area contributed by atoms with Crippen LogP contribution < -0.4 is 24.7 Å². The Labute approximate surface area is 246 Å². The average Bonchev–Trinajstić information content (AvgIpc) is 3.05. The molecule has 6 nitrogen and oxygen atoms in total. The van der Waals surface area contributed by atoms with Crippen molar-refractivity contribution in [1.82, 2.24) is 0 Å². The normalized spacial score (nSPS) is 13.0. The van der Waals surface area contributed by atoms with Crippen LogP contribution in [-0.2, 0) is 0 Å². The number of benzene rings is 6. The summed E-state index contributed by atoms with van der Waals surface area (Å²) in [5.41, 5.74) is 6.33. The van der Waals surface area contributed by atoms with Crippen LogP contribution in [0.25, 0.3) is 21.9 Å². The zero-order valence-corrected chi connectivity index (χ0v) is 22.7. The van der Waals surface area contributed by atoms with E-state index in [0.29, 0.717) is 21.9 Å². The van der Waals surface area contributed by atoms with E-state index >= 15 is 0 Å². The SMILES string of the molecule is O=c1c2ccc(N3c4ccccc4Oc4ccccc43)cc2oc2cc(N3c4ccccc4Oc4ccccc43)ccc12. The van der Waals surface area contributed by atoms with Gasteiger partial charge < -0.3 is 23.7 Å². The Kier molecular flexibility index (Phi) is 4.95. The van der Waals surface area contributed by atoms with Crippen molar-refractivity contribution in [3.63, 3.8) is 0 Å². The topological polar surface area (TPSA) is 55.2 Å². The molecule has 0 unspecified atom stereocenters. The van der Waals surface area contributed by atoms with Gasteiger partial charge in [-0.05, 0) is 72.8 Å². The summed E-state index contributed by atoms with van der Waals surface area (Å²) >= 11 is 0. The molecule has 0 aliphatic carbocycles. The Morgan fingerprint density at radius 2 is 0.767 bits per heavy atom. The molecule has 0 bridgehead atoms. The van der Waals surface area contributed by atoms with Crippen molar-refractivity contribution in [2.45, 2.75) is 0 Å². The summed E-state index contributed by atoms with van der Waals surface area (Å²) in [6, 6.07) is 43.2. The summed E-state index contributed by atoms with van der Waals surface area (Å²) in [6.45, 7) is 0. The quantitative estimate of drug-likeness (QED) is 0.197. The van der Waals surface area contributed by atoms with Crippen LogP contribution in [0.1, 0.15) is 0 Å². The van der Waals surface area contributed by atoms with Crippen molar-refractivity contribution in [3.05, 3.63) is 144 Å². The lowest BCUT2D eigenvalue weighted by Crippen LogP contribution is -2.16. The molecule has 6 heteroatoms. The monoisotopic (exact) mass is 558 g/mol. The van der Waals surface area contributed by atoms with Crippen LogP contribution in [0.2, 0.25) is 0 Å². The second-order valence-corrected chi connectivity index (χ2v) is 10.5. The highest BCUT2D eigenvalue weighted by atomic mass is 16.5. The van der Waals surface area contributed by atoms with Crippen molar-refractivity contribution in [1.29, 1.82) is 0 Å². The molecule has 0 fully saturated rings. The Bertz CT molecular complexity index is 2060. The minimum Gasteiger partial charge on any atom is -0.456 e. The standard InChI is InChI=1S/C37H22N2O4/c40-37-25-19-17-23(38-27-9-1-5-13-31(27)41-32-14-6-2-10-28(32)38)21-35(25)43-36-22-24(18-20-26(36)37)39-29-11-3-7-15-33(29)42-34-16-8-4-12-30(34)39/h1-22H. The Morgan fingerprint density at radius 3 is 1.14 bits per heavy atom. The highest BCUT2D eigenvalue weighted by molar-refractivity contribution is 5.96. The fraction of sp³-hybridized carbons (Fsp3) is 0. The van der Waals surface area contributed by atoms with Gasteiger partial charge in [-0.15, -0.1) is 0 Å². The molecule has 2 aliphatic rings. The first-order valence-electron chi connectivity index (χ1n) is 14.1. The molecule has 2 aliphatic heterocycles.